The van der Waals surface area contributed by atoms with Crippen molar-refractivity contribution < 1.29 is 9.90 Å². The lowest BCUT2D eigenvalue weighted by Gasteiger charge is -2.21. The molecule has 2 heterocycles. The molecule has 0 fully saturated rings. The summed E-state index contributed by atoms with van der Waals surface area (Å²) in [7, 11) is 0. The number of thioether (sulfide) groups is 2. The van der Waals surface area contributed by atoms with Gasteiger partial charge in [0.05, 0.1) is 6.61 Å². The Bertz CT molecular complexity index is 557. The Morgan fingerprint density at radius 3 is 3.10 bits per heavy atom. The van der Waals surface area contributed by atoms with Crippen LogP contribution < -0.4 is 10.9 Å². The highest BCUT2D eigenvalue weighted by Gasteiger charge is 2.23. The van der Waals surface area contributed by atoms with Crippen LogP contribution in [0.2, 0.25) is 0 Å². The van der Waals surface area contributed by atoms with E-state index in [1.165, 1.54) is 34.3 Å². The Balaban J connectivity index is 2.16. The summed E-state index contributed by atoms with van der Waals surface area (Å²) in [5, 5.41) is 12.5. The predicted octanol–water partition coefficient (Wildman–Crippen LogP) is 0.191. The molecule has 0 bridgehead atoms. The van der Waals surface area contributed by atoms with Crippen LogP contribution in [-0.2, 0) is 6.54 Å². The summed E-state index contributed by atoms with van der Waals surface area (Å²) in [5.74, 6) is 0.373. The van der Waals surface area contributed by atoms with Gasteiger partial charge in [0, 0.05) is 29.8 Å². The predicted molar refractivity (Wildman–Crippen MR) is 80.5 cm³/mol. The van der Waals surface area contributed by atoms with Crippen molar-refractivity contribution in [1.82, 2.24) is 14.9 Å². The van der Waals surface area contributed by atoms with Crippen molar-refractivity contribution in [2.75, 3.05) is 18.6 Å². The lowest BCUT2D eigenvalue weighted by atomic mass is 10.2. The Labute approximate surface area is 125 Å². The molecule has 2 unspecified atom stereocenters. The van der Waals surface area contributed by atoms with Gasteiger partial charge in [0.2, 0.25) is 0 Å². The third-order valence-electron chi connectivity index (χ3n) is 3.20. The molecule has 20 heavy (non-hydrogen) atoms. The Hall–Kier alpha value is -0.990. The highest BCUT2D eigenvalue weighted by atomic mass is 32.2. The summed E-state index contributed by atoms with van der Waals surface area (Å²) >= 11 is 2.98. The monoisotopic (exact) mass is 315 g/mol. The molecule has 1 aromatic heterocycles. The molecule has 0 spiro atoms. The van der Waals surface area contributed by atoms with Gasteiger partial charge in [0.1, 0.15) is 5.56 Å². The Kier molecular flexibility index (Phi) is 5.11. The van der Waals surface area contributed by atoms with Gasteiger partial charge in [-0.25, -0.2) is 4.98 Å². The summed E-state index contributed by atoms with van der Waals surface area (Å²) in [6.45, 7) is 2.37. The second-order valence-electron chi connectivity index (χ2n) is 4.48. The summed E-state index contributed by atoms with van der Waals surface area (Å²) in [5.41, 5.74) is -0.240. The maximum Gasteiger partial charge on any atom is 0.267 e. The van der Waals surface area contributed by atoms with Crippen LogP contribution >= 0.6 is 23.5 Å². The number of carbonyl (C=O) groups is 1. The zero-order valence-corrected chi connectivity index (χ0v) is 13.0. The first-order chi connectivity index (χ1) is 9.58. The maximum atomic E-state index is 12.2. The first kappa shape index (κ1) is 15.4. The largest absolute Gasteiger partial charge is 0.395 e. The zero-order chi connectivity index (χ0) is 14.7. The lowest BCUT2D eigenvalue weighted by molar-refractivity contribution is 0.0933. The van der Waals surface area contributed by atoms with E-state index in [0.717, 1.165) is 5.75 Å². The van der Waals surface area contributed by atoms with Crippen molar-refractivity contribution in [3.8, 4) is 0 Å². The number of hydrogen-bond donors (Lipinski definition) is 2. The van der Waals surface area contributed by atoms with Crippen LogP contribution in [0.15, 0.2) is 16.1 Å². The molecular weight excluding hydrogens is 298 g/mol. The fraction of sp³-hybridized carbons (Fsp3) is 0.583. The van der Waals surface area contributed by atoms with Crippen LogP contribution in [-0.4, -0.2) is 50.5 Å². The third kappa shape index (κ3) is 3.02. The van der Waals surface area contributed by atoms with Gasteiger partial charge in [-0.3, -0.25) is 14.2 Å². The van der Waals surface area contributed by atoms with E-state index < -0.39 is 5.91 Å². The van der Waals surface area contributed by atoms with Gasteiger partial charge in [0.25, 0.3) is 11.5 Å². The van der Waals surface area contributed by atoms with Crippen LogP contribution in [0.5, 0.6) is 0 Å². The quantitative estimate of drug-likeness (QED) is 0.755. The van der Waals surface area contributed by atoms with E-state index in [1.54, 1.807) is 0 Å². The molecule has 8 heteroatoms. The molecular formula is C12H17N3O3S2. The number of aromatic nitrogens is 2. The number of nitrogens with one attached hydrogen (secondary N) is 1. The fourth-order valence-electron chi connectivity index (χ4n) is 1.99. The normalized spacial score (nSPS) is 16.6. The molecule has 110 valence electrons. The molecule has 0 aromatic carbocycles. The summed E-state index contributed by atoms with van der Waals surface area (Å²) < 4.78 is 1.53. The molecule has 1 aliphatic heterocycles. The number of rotatable bonds is 5. The van der Waals surface area contributed by atoms with E-state index in [2.05, 4.69) is 10.3 Å². The van der Waals surface area contributed by atoms with Crippen LogP contribution in [0.25, 0.3) is 0 Å². The lowest BCUT2D eigenvalue weighted by Crippen LogP contribution is -2.43. The van der Waals surface area contributed by atoms with Gasteiger partial charge < -0.3 is 10.4 Å². The molecule has 1 aromatic rings. The van der Waals surface area contributed by atoms with E-state index in [0.29, 0.717) is 11.7 Å². The maximum absolute atomic E-state index is 12.2. The Morgan fingerprint density at radius 2 is 2.45 bits per heavy atom. The molecule has 2 rings (SSSR count). The number of hydrogen-bond acceptors (Lipinski definition) is 6. The zero-order valence-electron chi connectivity index (χ0n) is 11.3. The van der Waals surface area contributed by atoms with Crippen molar-refractivity contribution in [3.63, 3.8) is 0 Å². The first-order valence-electron chi connectivity index (χ1n) is 6.25. The number of aliphatic hydroxyl groups excluding tert-OH is 1. The third-order valence-corrected chi connectivity index (χ3v) is 5.33. The smallest absolute Gasteiger partial charge is 0.267 e. The molecule has 0 saturated heterocycles. The number of fused-ring (bicyclic) bond motifs is 1. The average molecular weight is 315 g/mol. The minimum atomic E-state index is -0.435. The van der Waals surface area contributed by atoms with Crippen molar-refractivity contribution >= 4 is 29.4 Å². The van der Waals surface area contributed by atoms with E-state index in [1.807, 2.05) is 13.2 Å². The SMILES string of the molecule is CSC(CO)C(C)NC(=O)c1cnc2n(c1=O)CCS2. The van der Waals surface area contributed by atoms with Gasteiger partial charge in [-0.2, -0.15) is 11.8 Å². The number of aliphatic hydroxyl groups is 1. The average Bonchev–Trinajstić information content (AvgIpc) is 2.89. The minimum absolute atomic E-state index is 0.0271. The molecule has 0 saturated carbocycles. The summed E-state index contributed by atoms with van der Waals surface area (Å²) in [6.07, 6.45) is 3.20. The fourth-order valence-corrected chi connectivity index (χ4v) is 3.53. The second-order valence-corrected chi connectivity index (χ2v) is 6.62. The van der Waals surface area contributed by atoms with E-state index in [9.17, 15) is 14.7 Å². The van der Waals surface area contributed by atoms with E-state index in [-0.39, 0.29) is 29.0 Å². The highest BCUT2D eigenvalue weighted by Crippen LogP contribution is 2.20. The minimum Gasteiger partial charge on any atom is -0.395 e. The first-order valence-corrected chi connectivity index (χ1v) is 8.53. The van der Waals surface area contributed by atoms with Crippen LogP contribution in [0.3, 0.4) is 0 Å². The molecule has 1 aliphatic rings. The van der Waals surface area contributed by atoms with E-state index >= 15 is 0 Å². The standard InChI is InChI=1S/C12H17N3O3S2/c1-7(9(6-16)19-2)14-10(17)8-5-13-12-15(11(8)18)3-4-20-12/h5,7,9,16H,3-4,6H2,1-2H3,(H,14,17). The topological polar surface area (TPSA) is 84.2 Å². The summed E-state index contributed by atoms with van der Waals surface area (Å²) in [6, 6.07) is -0.227. The molecule has 2 N–H and O–H groups in total. The summed E-state index contributed by atoms with van der Waals surface area (Å²) in [4.78, 5) is 28.5. The van der Waals surface area contributed by atoms with Crippen LogP contribution in [0, 0.1) is 0 Å². The molecule has 2 atom stereocenters. The number of carbonyl (C=O) groups excluding carboxylic acids is 1. The molecule has 0 aliphatic carbocycles. The van der Waals surface area contributed by atoms with Gasteiger partial charge >= 0.3 is 0 Å². The number of amides is 1. The van der Waals surface area contributed by atoms with Gasteiger partial charge in [-0.05, 0) is 13.2 Å². The van der Waals surface area contributed by atoms with Crippen molar-refractivity contribution in [1.29, 1.82) is 0 Å². The van der Waals surface area contributed by atoms with Gasteiger partial charge in [-0.1, -0.05) is 11.8 Å². The van der Waals surface area contributed by atoms with Crippen molar-refractivity contribution in [3.05, 3.63) is 22.1 Å². The second kappa shape index (κ2) is 6.64. The van der Waals surface area contributed by atoms with E-state index in [4.69, 9.17) is 0 Å². The molecule has 1 amide bonds. The Morgan fingerprint density at radius 1 is 1.70 bits per heavy atom. The molecule has 6 nitrogen and oxygen atoms in total. The molecule has 0 radical (unpaired) electrons. The highest BCUT2D eigenvalue weighted by molar-refractivity contribution is 7.99. The van der Waals surface area contributed by atoms with Crippen LogP contribution in [0.1, 0.15) is 17.3 Å². The van der Waals surface area contributed by atoms with Gasteiger partial charge in [-0.15, -0.1) is 0 Å². The van der Waals surface area contributed by atoms with Crippen molar-refractivity contribution in [2.24, 2.45) is 0 Å². The number of nitrogens with zero attached hydrogens (tertiary/aromatic N) is 2. The van der Waals surface area contributed by atoms with Gasteiger partial charge in [0.15, 0.2) is 5.16 Å². The van der Waals surface area contributed by atoms with Crippen molar-refractivity contribution in [2.45, 2.75) is 29.9 Å². The van der Waals surface area contributed by atoms with Crippen LogP contribution in [0.4, 0.5) is 0 Å².